The first-order valence-electron chi connectivity index (χ1n) is 9.93. The largest absolute Gasteiger partial charge is 0.496 e. The molecule has 3 aromatic carbocycles. The van der Waals surface area contributed by atoms with Gasteiger partial charge < -0.3 is 14.8 Å². The summed E-state index contributed by atoms with van der Waals surface area (Å²) in [5.74, 6) is 1.67. The van der Waals surface area contributed by atoms with Gasteiger partial charge in [0.1, 0.15) is 11.5 Å². The summed E-state index contributed by atoms with van der Waals surface area (Å²) >= 11 is 0. The van der Waals surface area contributed by atoms with Gasteiger partial charge in [0, 0.05) is 16.8 Å². The van der Waals surface area contributed by atoms with E-state index in [-0.39, 0.29) is 11.6 Å². The molecular formula is C26H24NO2. The Kier molecular flexibility index (Phi) is 3.95. The molecule has 0 fully saturated rings. The second-order valence-corrected chi connectivity index (χ2v) is 8.29. The van der Waals surface area contributed by atoms with Crippen LogP contribution in [0.5, 0.6) is 11.5 Å². The maximum atomic E-state index is 6.60. The average Bonchev–Trinajstić information content (AvgIpc) is 2.71. The van der Waals surface area contributed by atoms with Crippen molar-refractivity contribution in [3.63, 3.8) is 0 Å². The number of nitrogens with one attached hydrogen (secondary N) is 1. The number of ether oxygens (including phenoxy) is 2. The molecule has 2 aliphatic rings. The molecule has 1 unspecified atom stereocenters. The number of methoxy groups -OCH3 is 1. The fraction of sp³-hybridized carbons (Fsp3) is 0.231. The zero-order chi connectivity index (χ0) is 20.2. The molecular weight excluding hydrogens is 358 g/mol. The lowest BCUT2D eigenvalue weighted by Crippen LogP contribution is -2.32. The molecule has 29 heavy (non-hydrogen) atoms. The number of benzene rings is 3. The summed E-state index contributed by atoms with van der Waals surface area (Å²) < 4.78 is 12.3. The van der Waals surface area contributed by atoms with E-state index in [0.29, 0.717) is 0 Å². The highest BCUT2D eigenvalue weighted by Gasteiger charge is 2.35. The highest BCUT2D eigenvalue weighted by Crippen LogP contribution is 2.53. The summed E-state index contributed by atoms with van der Waals surface area (Å²) in [4.78, 5) is 0. The molecule has 0 amide bonds. The predicted molar refractivity (Wildman–Crippen MR) is 118 cm³/mol. The molecule has 5 rings (SSSR count). The zero-order valence-electron chi connectivity index (χ0n) is 17.2. The third-order valence-corrected chi connectivity index (χ3v) is 5.69. The first kappa shape index (κ1) is 17.9. The molecule has 3 heteroatoms. The number of hydrogen-bond donors (Lipinski definition) is 1. The van der Waals surface area contributed by atoms with Crippen molar-refractivity contribution in [3.05, 3.63) is 83.4 Å². The van der Waals surface area contributed by atoms with Crippen LogP contribution < -0.4 is 14.8 Å². The molecule has 2 heterocycles. The van der Waals surface area contributed by atoms with E-state index in [1.807, 2.05) is 36.4 Å². The number of allylic oxidation sites excluding steroid dienone is 1. The van der Waals surface area contributed by atoms with E-state index < -0.39 is 0 Å². The van der Waals surface area contributed by atoms with Gasteiger partial charge in [0.15, 0.2) is 6.10 Å². The summed E-state index contributed by atoms with van der Waals surface area (Å²) in [5.41, 5.74) is 7.96. The Bertz CT molecular complexity index is 1130. The van der Waals surface area contributed by atoms with Gasteiger partial charge in [0.25, 0.3) is 0 Å². The Hall–Kier alpha value is -3.20. The van der Waals surface area contributed by atoms with E-state index in [1.54, 1.807) is 7.11 Å². The lowest BCUT2D eigenvalue weighted by atomic mass is 9.80. The minimum Gasteiger partial charge on any atom is -0.496 e. The predicted octanol–water partition coefficient (Wildman–Crippen LogP) is 6.25. The SMILES string of the molecule is COc1cccc2c1-c1ccc3c(c1C(c1c[c]ccc1)O2)C(C)=CC(C)(C)N3. The molecule has 0 spiro atoms. The first-order chi connectivity index (χ1) is 14.0. The standard InChI is InChI=1S/C26H24NO2/c1-16-15-26(2,3)27-19-14-13-18-23-20(28-4)11-8-12-21(23)29-25(24(18)22(16)19)17-9-6-5-7-10-17/h5-6,8-15,25,27H,1-4H3. The van der Waals surface area contributed by atoms with Crippen LogP contribution in [0.2, 0.25) is 0 Å². The summed E-state index contributed by atoms with van der Waals surface area (Å²) in [7, 11) is 1.71. The van der Waals surface area contributed by atoms with Crippen LogP contribution in [0, 0.1) is 6.07 Å². The number of rotatable bonds is 2. The minimum atomic E-state index is -0.205. The van der Waals surface area contributed by atoms with Crippen LogP contribution in [0.3, 0.4) is 0 Å². The molecule has 0 aliphatic carbocycles. The van der Waals surface area contributed by atoms with E-state index in [2.05, 4.69) is 56.4 Å². The van der Waals surface area contributed by atoms with Gasteiger partial charge in [-0.3, -0.25) is 0 Å². The van der Waals surface area contributed by atoms with Gasteiger partial charge in [-0.1, -0.05) is 36.4 Å². The molecule has 0 saturated carbocycles. The van der Waals surface area contributed by atoms with E-state index in [0.717, 1.165) is 33.9 Å². The fourth-order valence-electron chi connectivity index (χ4n) is 4.67. The molecule has 0 bridgehead atoms. The van der Waals surface area contributed by atoms with Gasteiger partial charge in [-0.15, -0.1) is 0 Å². The quantitative estimate of drug-likeness (QED) is 0.568. The second kappa shape index (κ2) is 6.41. The summed E-state index contributed by atoms with van der Waals surface area (Å²) in [6, 6.07) is 21.6. The van der Waals surface area contributed by atoms with Crippen LogP contribution in [0.4, 0.5) is 5.69 Å². The van der Waals surface area contributed by atoms with Gasteiger partial charge >= 0.3 is 0 Å². The lowest BCUT2D eigenvalue weighted by Gasteiger charge is -2.37. The smallest absolute Gasteiger partial charge is 0.150 e. The van der Waals surface area contributed by atoms with Crippen LogP contribution in [0.1, 0.15) is 43.6 Å². The minimum absolute atomic E-state index is 0.0908. The molecule has 3 nitrogen and oxygen atoms in total. The monoisotopic (exact) mass is 382 g/mol. The van der Waals surface area contributed by atoms with Crippen molar-refractivity contribution in [2.24, 2.45) is 0 Å². The summed E-state index contributed by atoms with van der Waals surface area (Å²) in [6.45, 7) is 6.57. The molecule has 1 atom stereocenters. The Balaban J connectivity index is 1.84. The topological polar surface area (TPSA) is 30.5 Å². The lowest BCUT2D eigenvalue weighted by molar-refractivity contribution is 0.242. The molecule has 2 aliphatic heterocycles. The molecule has 145 valence electrons. The van der Waals surface area contributed by atoms with Gasteiger partial charge in [0.05, 0.1) is 18.2 Å². The normalized spacial score (nSPS) is 18.3. The summed E-state index contributed by atoms with van der Waals surface area (Å²) in [5, 5.41) is 3.67. The average molecular weight is 382 g/mol. The van der Waals surface area contributed by atoms with Gasteiger partial charge in [-0.25, -0.2) is 0 Å². The van der Waals surface area contributed by atoms with Crippen LogP contribution >= 0.6 is 0 Å². The highest BCUT2D eigenvalue weighted by atomic mass is 16.5. The van der Waals surface area contributed by atoms with Crippen LogP contribution in [0.25, 0.3) is 16.7 Å². The number of hydrogen-bond acceptors (Lipinski definition) is 3. The van der Waals surface area contributed by atoms with Crippen molar-refractivity contribution in [3.8, 4) is 22.6 Å². The zero-order valence-corrected chi connectivity index (χ0v) is 17.2. The second-order valence-electron chi connectivity index (χ2n) is 8.29. The van der Waals surface area contributed by atoms with Crippen molar-refractivity contribution < 1.29 is 9.47 Å². The van der Waals surface area contributed by atoms with Crippen molar-refractivity contribution in [2.75, 3.05) is 12.4 Å². The first-order valence-corrected chi connectivity index (χ1v) is 9.93. The maximum absolute atomic E-state index is 6.60. The third-order valence-electron chi connectivity index (χ3n) is 5.69. The van der Waals surface area contributed by atoms with Gasteiger partial charge in [-0.05, 0) is 67.8 Å². The molecule has 3 aromatic rings. The Labute approximate surface area is 172 Å². The Morgan fingerprint density at radius 1 is 1.07 bits per heavy atom. The van der Waals surface area contributed by atoms with Crippen molar-refractivity contribution >= 4 is 11.3 Å². The van der Waals surface area contributed by atoms with Crippen LogP contribution in [0.15, 0.2) is 60.7 Å². The molecule has 1 N–H and O–H groups in total. The van der Waals surface area contributed by atoms with E-state index in [1.165, 1.54) is 16.7 Å². The van der Waals surface area contributed by atoms with Gasteiger partial charge in [0.2, 0.25) is 0 Å². The van der Waals surface area contributed by atoms with Crippen molar-refractivity contribution in [1.82, 2.24) is 0 Å². The van der Waals surface area contributed by atoms with E-state index in [9.17, 15) is 0 Å². The highest BCUT2D eigenvalue weighted by molar-refractivity contribution is 5.91. The third kappa shape index (κ3) is 2.80. The van der Waals surface area contributed by atoms with Crippen LogP contribution in [-0.2, 0) is 0 Å². The maximum Gasteiger partial charge on any atom is 0.150 e. The number of anilines is 1. The van der Waals surface area contributed by atoms with Crippen molar-refractivity contribution in [1.29, 1.82) is 0 Å². The van der Waals surface area contributed by atoms with Gasteiger partial charge in [-0.2, -0.15) is 0 Å². The number of fused-ring (bicyclic) bond motifs is 5. The fourth-order valence-corrected chi connectivity index (χ4v) is 4.67. The molecule has 0 aromatic heterocycles. The van der Waals surface area contributed by atoms with Crippen LogP contribution in [-0.4, -0.2) is 12.6 Å². The Morgan fingerprint density at radius 3 is 2.69 bits per heavy atom. The van der Waals surface area contributed by atoms with E-state index >= 15 is 0 Å². The summed E-state index contributed by atoms with van der Waals surface area (Å²) in [6.07, 6.45) is 2.09. The van der Waals surface area contributed by atoms with E-state index in [4.69, 9.17) is 9.47 Å². The Morgan fingerprint density at radius 2 is 1.93 bits per heavy atom. The molecule has 1 radical (unpaired) electrons. The molecule has 0 saturated heterocycles. The van der Waals surface area contributed by atoms with Crippen molar-refractivity contribution in [2.45, 2.75) is 32.4 Å².